The highest BCUT2D eigenvalue weighted by molar-refractivity contribution is 5.88. The van der Waals surface area contributed by atoms with Crippen molar-refractivity contribution < 1.29 is 4.79 Å². The van der Waals surface area contributed by atoms with E-state index in [0.29, 0.717) is 0 Å². The van der Waals surface area contributed by atoms with Gasteiger partial charge in [-0.15, -0.1) is 0 Å². The topological polar surface area (TPSA) is 29.1 Å². The van der Waals surface area contributed by atoms with Crippen molar-refractivity contribution in [1.29, 1.82) is 0 Å². The van der Waals surface area contributed by atoms with E-state index in [1.54, 1.807) is 6.92 Å². The third kappa shape index (κ3) is 6.09. The molecule has 1 N–H and O–H groups in total. The van der Waals surface area contributed by atoms with Crippen LogP contribution in [0.2, 0.25) is 0 Å². The summed E-state index contributed by atoms with van der Waals surface area (Å²) < 4.78 is 0. The molecule has 2 nitrogen and oxygen atoms in total. The van der Waals surface area contributed by atoms with Crippen LogP contribution in [0.25, 0.3) is 0 Å². The van der Waals surface area contributed by atoms with Crippen molar-refractivity contribution >= 4 is 11.6 Å². The van der Waals surface area contributed by atoms with E-state index in [9.17, 15) is 4.79 Å². The van der Waals surface area contributed by atoms with E-state index < -0.39 is 0 Å². The lowest BCUT2D eigenvalue weighted by Gasteiger charge is -2.38. The summed E-state index contributed by atoms with van der Waals surface area (Å²) in [6, 6.07) is 8.56. The monoisotopic (exact) mass is 369 g/mol. The maximum atomic E-state index is 11.2. The minimum absolute atomic E-state index is 0.00310. The number of anilines is 1. The molecule has 2 aliphatic carbocycles. The molecule has 0 atom stereocenters. The molecule has 1 aromatic rings. The second-order valence-electron chi connectivity index (χ2n) is 9.19. The second kappa shape index (κ2) is 10.3. The van der Waals surface area contributed by atoms with Crippen molar-refractivity contribution in [1.82, 2.24) is 0 Å². The van der Waals surface area contributed by atoms with E-state index in [2.05, 4.69) is 36.5 Å². The van der Waals surface area contributed by atoms with E-state index in [1.165, 1.54) is 82.6 Å². The average Bonchev–Trinajstić information content (AvgIpc) is 2.69. The van der Waals surface area contributed by atoms with Gasteiger partial charge in [0.15, 0.2) is 0 Å². The molecule has 27 heavy (non-hydrogen) atoms. The second-order valence-corrected chi connectivity index (χ2v) is 9.19. The van der Waals surface area contributed by atoms with Crippen LogP contribution < -0.4 is 5.32 Å². The van der Waals surface area contributed by atoms with Crippen molar-refractivity contribution in [2.45, 2.75) is 96.8 Å². The first kappa shape index (κ1) is 20.4. The Morgan fingerprint density at radius 3 is 2.04 bits per heavy atom. The van der Waals surface area contributed by atoms with Crippen molar-refractivity contribution in [3.8, 4) is 0 Å². The highest BCUT2D eigenvalue weighted by Crippen LogP contribution is 2.44. The van der Waals surface area contributed by atoms with Gasteiger partial charge in [0.25, 0.3) is 0 Å². The van der Waals surface area contributed by atoms with Crippen molar-refractivity contribution in [3.05, 3.63) is 29.8 Å². The minimum atomic E-state index is 0.00310. The Balaban J connectivity index is 1.41. The van der Waals surface area contributed by atoms with Gasteiger partial charge in [-0.2, -0.15) is 0 Å². The van der Waals surface area contributed by atoms with Gasteiger partial charge in [0.05, 0.1) is 0 Å². The number of benzene rings is 1. The van der Waals surface area contributed by atoms with Crippen LogP contribution in [0.1, 0.15) is 102 Å². The van der Waals surface area contributed by atoms with Gasteiger partial charge >= 0.3 is 0 Å². The average molecular weight is 370 g/mol. The Morgan fingerprint density at radius 1 is 0.889 bits per heavy atom. The summed E-state index contributed by atoms with van der Waals surface area (Å²) in [5.74, 6) is 3.75. The van der Waals surface area contributed by atoms with Crippen molar-refractivity contribution in [3.63, 3.8) is 0 Å². The van der Waals surface area contributed by atoms with E-state index in [0.717, 1.165) is 29.4 Å². The molecular weight excluding hydrogens is 330 g/mol. The summed E-state index contributed by atoms with van der Waals surface area (Å²) in [4.78, 5) is 11.2. The number of hydrogen-bond acceptors (Lipinski definition) is 1. The SMILES string of the molecule is CCCCC[C@H]1CC[C@H]([C@H]2CC[C@H](c3ccc(NC(C)=O)cc3)CC2)CC1. The Bertz CT molecular complexity index is 562. The predicted molar refractivity (Wildman–Crippen MR) is 115 cm³/mol. The van der Waals surface area contributed by atoms with E-state index in [-0.39, 0.29) is 5.91 Å². The number of carbonyl (C=O) groups excluding carboxylic acids is 1. The molecule has 150 valence electrons. The van der Waals surface area contributed by atoms with Crippen LogP contribution in [-0.4, -0.2) is 5.91 Å². The maximum Gasteiger partial charge on any atom is 0.221 e. The maximum absolute atomic E-state index is 11.2. The molecule has 0 radical (unpaired) electrons. The lowest BCUT2D eigenvalue weighted by molar-refractivity contribution is -0.114. The molecule has 2 fully saturated rings. The van der Waals surface area contributed by atoms with E-state index >= 15 is 0 Å². The Kier molecular flexibility index (Phi) is 7.79. The molecule has 3 rings (SSSR count). The van der Waals surface area contributed by atoms with Crippen LogP contribution in [0, 0.1) is 17.8 Å². The molecule has 2 heteroatoms. The van der Waals surface area contributed by atoms with Crippen LogP contribution in [0.5, 0.6) is 0 Å². The molecule has 2 aliphatic rings. The first-order valence-corrected chi connectivity index (χ1v) is 11.5. The number of amides is 1. The summed E-state index contributed by atoms with van der Waals surface area (Å²) >= 11 is 0. The van der Waals surface area contributed by atoms with Gasteiger partial charge < -0.3 is 5.32 Å². The standard InChI is InChI=1S/C25H39NO/c1-3-4-5-6-20-7-9-21(10-8-20)22-11-13-23(14-12-22)24-15-17-25(18-16-24)26-19(2)27/h15-18,20-23H,3-14H2,1-2H3,(H,26,27)/t20-,21-,22-,23-. The van der Waals surface area contributed by atoms with Crippen LogP contribution in [0.3, 0.4) is 0 Å². The molecule has 0 spiro atoms. The summed E-state index contributed by atoms with van der Waals surface area (Å²) in [5, 5.41) is 2.87. The van der Waals surface area contributed by atoms with Gasteiger partial charge in [-0.3, -0.25) is 4.79 Å². The smallest absolute Gasteiger partial charge is 0.221 e. The fourth-order valence-corrected chi connectivity index (χ4v) is 5.60. The first-order chi connectivity index (χ1) is 13.2. The molecule has 0 heterocycles. The molecule has 0 bridgehead atoms. The van der Waals surface area contributed by atoms with Crippen molar-refractivity contribution in [2.75, 3.05) is 5.32 Å². The molecular formula is C25H39NO. The van der Waals surface area contributed by atoms with Gasteiger partial charge in [0.1, 0.15) is 0 Å². The summed E-state index contributed by atoms with van der Waals surface area (Å²) in [6.07, 6.45) is 17.3. The lowest BCUT2D eigenvalue weighted by Crippen LogP contribution is -2.25. The number of hydrogen-bond donors (Lipinski definition) is 1. The zero-order valence-electron chi connectivity index (χ0n) is 17.5. The van der Waals surface area contributed by atoms with Gasteiger partial charge in [-0.1, -0.05) is 57.6 Å². The van der Waals surface area contributed by atoms with Gasteiger partial charge in [0.2, 0.25) is 5.91 Å². The molecule has 1 amide bonds. The first-order valence-electron chi connectivity index (χ1n) is 11.5. The largest absolute Gasteiger partial charge is 0.326 e. The Hall–Kier alpha value is -1.31. The summed E-state index contributed by atoms with van der Waals surface area (Å²) in [7, 11) is 0. The molecule has 0 saturated heterocycles. The predicted octanol–water partition coefficient (Wildman–Crippen LogP) is 7.31. The van der Waals surface area contributed by atoms with Crippen LogP contribution in [0.4, 0.5) is 5.69 Å². The highest BCUT2D eigenvalue weighted by atomic mass is 16.1. The zero-order chi connectivity index (χ0) is 19.1. The molecule has 0 aromatic heterocycles. The summed E-state index contributed by atoms with van der Waals surface area (Å²) in [5.41, 5.74) is 2.37. The number of unbranched alkanes of at least 4 members (excludes halogenated alkanes) is 2. The molecule has 2 saturated carbocycles. The number of nitrogens with one attached hydrogen (secondary N) is 1. The minimum Gasteiger partial charge on any atom is -0.326 e. The number of rotatable bonds is 7. The number of carbonyl (C=O) groups is 1. The van der Waals surface area contributed by atoms with Crippen LogP contribution in [0.15, 0.2) is 24.3 Å². The lowest BCUT2D eigenvalue weighted by atomic mass is 9.68. The molecule has 0 aliphatic heterocycles. The third-order valence-corrected chi connectivity index (χ3v) is 7.25. The Labute approximate surface area is 166 Å². The van der Waals surface area contributed by atoms with Gasteiger partial charge in [-0.05, 0) is 79.9 Å². The quantitative estimate of drug-likeness (QED) is 0.502. The molecule has 1 aromatic carbocycles. The zero-order valence-corrected chi connectivity index (χ0v) is 17.5. The summed E-state index contributed by atoms with van der Waals surface area (Å²) in [6.45, 7) is 3.87. The fourth-order valence-electron chi connectivity index (χ4n) is 5.60. The van der Waals surface area contributed by atoms with Crippen LogP contribution in [-0.2, 0) is 4.79 Å². The van der Waals surface area contributed by atoms with E-state index in [4.69, 9.17) is 0 Å². The Morgan fingerprint density at radius 2 is 1.48 bits per heavy atom. The van der Waals surface area contributed by atoms with Gasteiger partial charge in [0, 0.05) is 12.6 Å². The third-order valence-electron chi connectivity index (χ3n) is 7.25. The highest BCUT2D eigenvalue weighted by Gasteiger charge is 2.31. The van der Waals surface area contributed by atoms with Crippen LogP contribution >= 0.6 is 0 Å². The fraction of sp³-hybridized carbons (Fsp3) is 0.720. The van der Waals surface area contributed by atoms with Crippen molar-refractivity contribution in [2.24, 2.45) is 17.8 Å². The normalized spacial score (nSPS) is 28.7. The van der Waals surface area contributed by atoms with E-state index in [1.807, 2.05) is 0 Å². The molecule has 0 unspecified atom stereocenters. The van der Waals surface area contributed by atoms with Gasteiger partial charge in [-0.25, -0.2) is 0 Å².